The fraction of sp³-hybridized carbons (Fsp3) is 0.435. The first-order valence-electron chi connectivity index (χ1n) is 10.9. The van der Waals surface area contributed by atoms with Gasteiger partial charge in [-0.15, -0.1) is 0 Å². The lowest BCUT2D eigenvalue weighted by atomic mass is 10.1. The zero-order valence-electron chi connectivity index (χ0n) is 18.4. The molecule has 32 heavy (non-hydrogen) atoms. The predicted molar refractivity (Wildman–Crippen MR) is 125 cm³/mol. The highest BCUT2D eigenvalue weighted by Gasteiger charge is 2.28. The van der Waals surface area contributed by atoms with E-state index in [0.29, 0.717) is 32.0 Å². The van der Waals surface area contributed by atoms with Crippen molar-refractivity contribution in [1.29, 1.82) is 0 Å². The van der Waals surface area contributed by atoms with Crippen molar-refractivity contribution in [3.8, 4) is 0 Å². The average molecular weight is 459 g/mol. The summed E-state index contributed by atoms with van der Waals surface area (Å²) in [5, 5.41) is 2.98. The fourth-order valence-electron chi connectivity index (χ4n) is 4.01. The van der Waals surface area contributed by atoms with E-state index in [4.69, 9.17) is 4.74 Å². The number of carbonyl (C=O) groups is 1. The molecule has 2 aromatic carbocycles. The van der Waals surface area contributed by atoms with E-state index in [9.17, 15) is 13.2 Å². The molecule has 1 amide bonds. The summed E-state index contributed by atoms with van der Waals surface area (Å²) in [5.74, 6) is -0.174. The molecule has 172 valence electrons. The second-order valence-corrected chi connectivity index (χ2v) is 10.1. The molecule has 2 saturated heterocycles. The van der Waals surface area contributed by atoms with Crippen LogP contribution < -0.4 is 10.2 Å². The lowest BCUT2D eigenvalue weighted by Crippen LogP contribution is -2.44. The number of likely N-dealkylation sites (N-methyl/N-ethyl adjacent to an activating group) is 1. The van der Waals surface area contributed by atoms with Gasteiger partial charge in [0.15, 0.2) is 0 Å². The van der Waals surface area contributed by atoms with Gasteiger partial charge in [0, 0.05) is 39.3 Å². The Morgan fingerprint density at radius 3 is 2.34 bits per heavy atom. The lowest BCUT2D eigenvalue weighted by molar-refractivity contribution is -0.115. The molecule has 4 rings (SSSR count). The Balaban J connectivity index is 1.62. The van der Waals surface area contributed by atoms with Crippen LogP contribution in [0.1, 0.15) is 5.56 Å². The predicted octanol–water partition coefficient (Wildman–Crippen LogP) is 1.64. The smallest absolute Gasteiger partial charge is 0.243 e. The van der Waals surface area contributed by atoms with E-state index in [1.165, 1.54) is 4.31 Å². The van der Waals surface area contributed by atoms with Crippen LogP contribution in [0.3, 0.4) is 0 Å². The molecule has 0 atom stereocenters. The molecule has 0 unspecified atom stereocenters. The van der Waals surface area contributed by atoms with Crippen molar-refractivity contribution in [1.82, 2.24) is 9.21 Å². The standard InChI is InChI=1S/C23H30N4O4S/c1-25-9-11-26(12-10-25)22-8-7-20(32(29,30)27-13-15-31-16-14-27)18-21(22)24-23(28)17-19-5-3-2-4-6-19/h2-8,18H,9-17H2,1H3,(H,24,28). The molecule has 0 aromatic heterocycles. The van der Waals surface area contributed by atoms with Crippen LogP contribution in [-0.2, 0) is 26.0 Å². The highest BCUT2D eigenvalue weighted by molar-refractivity contribution is 7.89. The molecule has 8 nitrogen and oxygen atoms in total. The van der Waals surface area contributed by atoms with E-state index in [2.05, 4.69) is 22.2 Å². The number of hydrogen-bond donors (Lipinski definition) is 1. The summed E-state index contributed by atoms with van der Waals surface area (Å²) in [7, 11) is -1.58. The molecule has 0 radical (unpaired) electrons. The Kier molecular flexibility index (Phi) is 7.10. The minimum atomic E-state index is -3.66. The minimum Gasteiger partial charge on any atom is -0.379 e. The second kappa shape index (κ2) is 9.99. The van der Waals surface area contributed by atoms with E-state index in [-0.39, 0.29) is 17.2 Å². The number of anilines is 2. The molecule has 0 aliphatic carbocycles. The zero-order valence-corrected chi connectivity index (χ0v) is 19.2. The van der Waals surface area contributed by atoms with Crippen LogP contribution in [0.4, 0.5) is 11.4 Å². The van der Waals surface area contributed by atoms with Crippen LogP contribution >= 0.6 is 0 Å². The number of hydrogen-bond acceptors (Lipinski definition) is 6. The van der Waals surface area contributed by atoms with Crippen LogP contribution in [0.15, 0.2) is 53.4 Å². The highest BCUT2D eigenvalue weighted by Crippen LogP contribution is 2.31. The third kappa shape index (κ3) is 5.29. The molecular formula is C23H30N4O4S. The fourth-order valence-corrected chi connectivity index (χ4v) is 5.45. The van der Waals surface area contributed by atoms with Crippen LogP contribution in [0, 0.1) is 0 Å². The maximum atomic E-state index is 13.2. The first kappa shape index (κ1) is 22.7. The molecule has 2 aliphatic rings. The van der Waals surface area contributed by atoms with E-state index in [0.717, 1.165) is 37.4 Å². The van der Waals surface area contributed by atoms with Crippen molar-refractivity contribution in [2.24, 2.45) is 0 Å². The van der Waals surface area contributed by atoms with Crippen molar-refractivity contribution in [3.63, 3.8) is 0 Å². The monoisotopic (exact) mass is 458 g/mol. The van der Waals surface area contributed by atoms with Crippen molar-refractivity contribution < 1.29 is 17.9 Å². The Bertz CT molecular complexity index is 1030. The summed E-state index contributed by atoms with van der Waals surface area (Å²) < 4.78 is 33.1. The second-order valence-electron chi connectivity index (χ2n) is 8.20. The number of sulfonamides is 1. The van der Waals surface area contributed by atoms with E-state index in [1.54, 1.807) is 12.1 Å². The number of morpholine rings is 1. The van der Waals surface area contributed by atoms with Crippen LogP contribution in [0.25, 0.3) is 0 Å². The molecule has 2 fully saturated rings. The van der Waals surface area contributed by atoms with Gasteiger partial charge >= 0.3 is 0 Å². The average Bonchev–Trinajstić information content (AvgIpc) is 2.81. The molecule has 9 heteroatoms. The Morgan fingerprint density at radius 2 is 1.66 bits per heavy atom. The summed E-state index contributed by atoms with van der Waals surface area (Å²) in [6.45, 7) is 4.88. The minimum absolute atomic E-state index is 0.174. The molecule has 0 spiro atoms. The van der Waals surface area contributed by atoms with Gasteiger partial charge in [-0.25, -0.2) is 8.42 Å². The molecule has 2 aliphatic heterocycles. The largest absolute Gasteiger partial charge is 0.379 e. The van der Waals surface area contributed by atoms with Gasteiger partial charge < -0.3 is 19.9 Å². The Labute approximate surface area is 189 Å². The van der Waals surface area contributed by atoms with Crippen LogP contribution in [0.2, 0.25) is 0 Å². The number of nitrogens with zero attached hydrogens (tertiary/aromatic N) is 3. The van der Waals surface area contributed by atoms with Gasteiger partial charge in [-0.05, 0) is 30.8 Å². The molecule has 1 N–H and O–H groups in total. The maximum absolute atomic E-state index is 13.2. The summed E-state index contributed by atoms with van der Waals surface area (Å²) in [6.07, 6.45) is 0.226. The van der Waals surface area contributed by atoms with Crippen molar-refractivity contribution in [3.05, 3.63) is 54.1 Å². The van der Waals surface area contributed by atoms with Crippen molar-refractivity contribution in [2.75, 3.05) is 69.7 Å². The van der Waals surface area contributed by atoms with Gasteiger partial charge in [-0.1, -0.05) is 30.3 Å². The molecule has 2 heterocycles. The summed E-state index contributed by atoms with van der Waals surface area (Å²) in [4.78, 5) is 17.5. The number of rotatable bonds is 6. The van der Waals surface area contributed by atoms with E-state index in [1.807, 2.05) is 36.4 Å². The van der Waals surface area contributed by atoms with Gasteiger partial charge in [0.1, 0.15) is 0 Å². The number of carbonyl (C=O) groups excluding carboxylic acids is 1. The summed E-state index contributed by atoms with van der Waals surface area (Å²) in [6, 6.07) is 14.6. The third-order valence-corrected chi connectivity index (χ3v) is 7.80. The van der Waals surface area contributed by atoms with Gasteiger partial charge in [0.05, 0.1) is 35.9 Å². The number of piperazine rings is 1. The van der Waals surface area contributed by atoms with E-state index < -0.39 is 10.0 Å². The SMILES string of the molecule is CN1CCN(c2ccc(S(=O)(=O)N3CCOCC3)cc2NC(=O)Cc2ccccc2)CC1. The summed E-state index contributed by atoms with van der Waals surface area (Å²) >= 11 is 0. The molecule has 0 bridgehead atoms. The van der Waals surface area contributed by atoms with Gasteiger partial charge in [-0.3, -0.25) is 4.79 Å². The number of benzene rings is 2. The van der Waals surface area contributed by atoms with Gasteiger partial charge in [-0.2, -0.15) is 4.31 Å². The topological polar surface area (TPSA) is 82.2 Å². The quantitative estimate of drug-likeness (QED) is 0.709. The first-order valence-corrected chi connectivity index (χ1v) is 12.4. The maximum Gasteiger partial charge on any atom is 0.243 e. The van der Waals surface area contributed by atoms with Gasteiger partial charge in [0.2, 0.25) is 15.9 Å². The Hall–Kier alpha value is -2.46. The van der Waals surface area contributed by atoms with Crippen LogP contribution in [0.5, 0.6) is 0 Å². The summed E-state index contributed by atoms with van der Waals surface area (Å²) in [5.41, 5.74) is 2.29. The number of amides is 1. The molecule has 0 saturated carbocycles. The van der Waals surface area contributed by atoms with Crippen molar-refractivity contribution >= 4 is 27.3 Å². The van der Waals surface area contributed by atoms with Crippen molar-refractivity contribution in [2.45, 2.75) is 11.3 Å². The number of nitrogens with one attached hydrogen (secondary N) is 1. The zero-order chi connectivity index (χ0) is 22.6. The normalized spacial score (nSPS) is 18.5. The third-order valence-electron chi connectivity index (χ3n) is 5.90. The van der Waals surface area contributed by atoms with Gasteiger partial charge in [0.25, 0.3) is 0 Å². The molecule has 2 aromatic rings. The molecular weight excluding hydrogens is 428 g/mol. The number of ether oxygens (including phenoxy) is 1. The van der Waals surface area contributed by atoms with Crippen LogP contribution in [-0.4, -0.2) is 83.1 Å². The van der Waals surface area contributed by atoms with E-state index >= 15 is 0 Å². The highest BCUT2D eigenvalue weighted by atomic mass is 32.2. The lowest BCUT2D eigenvalue weighted by Gasteiger charge is -2.35. The Morgan fingerprint density at radius 1 is 0.969 bits per heavy atom. The first-order chi connectivity index (χ1) is 15.4.